The van der Waals surface area contributed by atoms with Crippen LogP contribution in [0.15, 0.2) is 0 Å². The van der Waals surface area contributed by atoms with Gasteiger partial charge >= 0.3 is 0 Å². The minimum absolute atomic E-state index is 0.000279. The minimum Gasteiger partial charge on any atom is -0.381 e. The van der Waals surface area contributed by atoms with E-state index in [9.17, 15) is 18.0 Å². The van der Waals surface area contributed by atoms with E-state index in [0.717, 1.165) is 31.2 Å². The van der Waals surface area contributed by atoms with E-state index in [1.807, 2.05) is 14.1 Å². The molecule has 1 fully saturated rings. The lowest BCUT2D eigenvalue weighted by Gasteiger charge is -1.98. The molecule has 0 atom stereocenters. The van der Waals surface area contributed by atoms with E-state index in [1.165, 1.54) is 40.7 Å². The van der Waals surface area contributed by atoms with Crippen molar-refractivity contribution < 1.29 is 22.7 Å². The van der Waals surface area contributed by atoms with Gasteiger partial charge in [0.05, 0.1) is 6.26 Å². The van der Waals surface area contributed by atoms with Crippen LogP contribution in [0, 0.1) is 0 Å². The third-order valence-electron chi connectivity index (χ3n) is 1.60. The first-order valence-corrected chi connectivity index (χ1v) is 10.7. The quantitative estimate of drug-likeness (QED) is 0.583. The van der Waals surface area contributed by atoms with Gasteiger partial charge in [-0.2, -0.15) is 0 Å². The second kappa shape index (κ2) is 25.7. The van der Waals surface area contributed by atoms with Gasteiger partial charge in [-0.3, -0.25) is 4.79 Å². The maximum Gasteiger partial charge on any atom is 0.208 e. The van der Waals surface area contributed by atoms with Gasteiger partial charge in [0.2, 0.25) is 10.0 Å². The van der Waals surface area contributed by atoms with Crippen LogP contribution in [0.25, 0.3) is 0 Å². The number of hydrogen-bond acceptors (Lipinski definition) is 8. The normalized spacial score (nSPS) is 11.8. The molecule has 0 spiro atoms. The summed E-state index contributed by atoms with van der Waals surface area (Å²) in [6.07, 6.45) is 3.64. The van der Waals surface area contributed by atoms with Crippen LogP contribution >= 0.6 is 11.8 Å². The van der Waals surface area contributed by atoms with Gasteiger partial charge in [-0.15, -0.1) is 0 Å². The maximum absolute atomic E-state index is 10.5. The lowest BCUT2D eigenvalue weighted by Crippen LogP contribution is -2.24. The number of sulfonamides is 1. The number of ketones is 1. The SMILES string of the molecule is C1CCOC1.CC(=O)SCCNS(C)(=O)=O.CC(C)=O.CN.CNC. The number of rotatable bonds is 4. The van der Waals surface area contributed by atoms with E-state index >= 15 is 0 Å². The standard InChI is InChI=1S/C5H11NO3S2.C4H8O.C3H6O.C2H7N.CH5N/c1-5(7)10-4-3-6-11(2,8)9;1-2-4-5-3-1;1-3(2)4;1-3-2;1-2/h6H,3-4H2,1-2H3;1-4H2;1-2H3;3H,1-2H3;2H2,1H3. The van der Waals surface area contributed by atoms with Crippen LogP contribution in [-0.4, -0.2) is 72.2 Å². The molecule has 0 aromatic carbocycles. The Labute approximate surface area is 158 Å². The van der Waals surface area contributed by atoms with Crippen LogP contribution in [0.2, 0.25) is 0 Å². The van der Waals surface area contributed by atoms with Crippen molar-refractivity contribution in [1.29, 1.82) is 0 Å². The summed E-state index contributed by atoms with van der Waals surface area (Å²) in [7, 11) is 2.15. The third-order valence-corrected chi connectivity index (χ3v) is 3.14. The lowest BCUT2D eigenvalue weighted by molar-refractivity contribution is -0.115. The van der Waals surface area contributed by atoms with Crippen LogP contribution in [0.4, 0.5) is 0 Å². The van der Waals surface area contributed by atoms with Gasteiger partial charge in [-0.05, 0) is 47.8 Å². The Morgan fingerprint density at radius 2 is 1.44 bits per heavy atom. The molecule has 1 aliphatic rings. The fraction of sp³-hybridized carbons (Fsp3) is 0.867. The van der Waals surface area contributed by atoms with Crippen molar-refractivity contribution in [2.75, 3.05) is 52.9 Å². The molecule has 0 bridgehead atoms. The van der Waals surface area contributed by atoms with Crippen LogP contribution in [0.3, 0.4) is 0 Å². The molecule has 4 N–H and O–H groups in total. The fourth-order valence-corrected chi connectivity index (χ4v) is 2.03. The highest BCUT2D eigenvalue weighted by molar-refractivity contribution is 8.13. The van der Waals surface area contributed by atoms with Gasteiger partial charge < -0.3 is 20.6 Å². The zero-order chi connectivity index (χ0) is 20.7. The molecule has 0 amide bonds. The van der Waals surface area contributed by atoms with Crippen molar-refractivity contribution in [3.63, 3.8) is 0 Å². The molecule has 154 valence electrons. The number of hydrogen-bond donors (Lipinski definition) is 3. The molecule has 1 rings (SSSR count). The first-order valence-electron chi connectivity index (χ1n) is 7.86. The molecule has 0 saturated carbocycles. The summed E-state index contributed by atoms with van der Waals surface area (Å²) >= 11 is 1.11. The minimum atomic E-state index is -3.10. The van der Waals surface area contributed by atoms with Gasteiger partial charge in [0.15, 0.2) is 5.12 Å². The Kier molecular flexibility index (Phi) is 33.1. The fourth-order valence-electron chi connectivity index (χ4n) is 0.932. The highest BCUT2D eigenvalue weighted by Crippen LogP contribution is 1.98. The highest BCUT2D eigenvalue weighted by atomic mass is 32.2. The second-order valence-corrected chi connectivity index (χ2v) is 7.84. The second-order valence-electron chi connectivity index (χ2n) is 4.73. The Morgan fingerprint density at radius 3 is 1.64 bits per heavy atom. The Hall–Kier alpha value is -0.520. The Balaban J connectivity index is -0.000000130. The molecule has 1 saturated heterocycles. The summed E-state index contributed by atoms with van der Waals surface area (Å²) in [5.74, 6) is 0.655. The van der Waals surface area contributed by atoms with E-state index in [2.05, 4.69) is 15.8 Å². The van der Waals surface area contributed by atoms with Gasteiger partial charge in [-0.25, -0.2) is 13.1 Å². The summed E-state index contributed by atoms with van der Waals surface area (Å²) in [6, 6.07) is 0. The average Bonchev–Trinajstić information content (AvgIpc) is 3.04. The molecule has 25 heavy (non-hydrogen) atoms. The van der Waals surface area contributed by atoms with Crippen molar-refractivity contribution >= 4 is 32.7 Å². The lowest BCUT2D eigenvalue weighted by atomic mass is 10.4. The van der Waals surface area contributed by atoms with E-state index in [4.69, 9.17) is 4.74 Å². The van der Waals surface area contributed by atoms with Crippen molar-refractivity contribution in [3.8, 4) is 0 Å². The molecular weight excluding hydrogens is 366 g/mol. The summed E-state index contributed by atoms with van der Waals surface area (Å²) in [4.78, 5) is 19.8. The van der Waals surface area contributed by atoms with Crippen molar-refractivity contribution in [3.05, 3.63) is 0 Å². The van der Waals surface area contributed by atoms with Crippen molar-refractivity contribution in [1.82, 2.24) is 10.0 Å². The third kappa shape index (κ3) is 69.6. The summed E-state index contributed by atoms with van der Waals surface area (Å²) in [6.45, 7) is 6.81. The number of carbonyl (C=O) groups excluding carboxylic acids is 2. The first-order chi connectivity index (χ1) is 11.6. The molecule has 0 aromatic rings. The number of Topliss-reactive ketones (excluding diaryl/α,β-unsaturated/α-hetero) is 1. The molecule has 1 aliphatic heterocycles. The first kappa shape index (κ1) is 32.2. The van der Waals surface area contributed by atoms with Crippen molar-refractivity contribution in [2.24, 2.45) is 5.73 Å². The number of thioether (sulfide) groups is 1. The van der Waals surface area contributed by atoms with Gasteiger partial charge in [-0.1, -0.05) is 11.8 Å². The van der Waals surface area contributed by atoms with Crippen LogP contribution < -0.4 is 15.8 Å². The Morgan fingerprint density at radius 1 is 1.08 bits per heavy atom. The smallest absolute Gasteiger partial charge is 0.208 e. The van der Waals surface area contributed by atoms with Crippen molar-refractivity contribution in [2.45, 2.75) is 33.6 Å². The molecule has 8 nitrogen and oxygen atoms in total. The largest absolute Gasteiger partial charge is 0.381 e. The predicted octanol–water partition coefficient (Wildman–Crippen LogP) is 0.618. The van der Waals surface area contributed by atoms with Crippen LogP contribution in [0.5, 0.6) is 0 Å². The monoisotopic (exact) mass is 403 g/mol. The van der Waals surface area contributed by atoms with Crippen LogP contribution in [0.1, 0.15) is 33.6 Å². The Bertz CT molecular complexity index is 375. The van der Waals surface area contributed by atoms with E-state index in [-0.39, 0.29) is 10.9 Å². The summed E-state index contributed by atoms with van der Waals surface area (Å²) in [5, 5.41) is 2.75. The zero-order valence-electron chi connectivity index (χ0n) is 16.7. The molecule has 1 heterocycles. The molecule has 0 aromatic heterocycles. The highest BCUT2D eigenvalue weighted by Gasteiger charge is 1.99. The maximum atomic E-state index is 10.5. The molecule has 10 heteroatoms. The zero-order valence-corrected chi connectivity index (χ0v) is 18.3. The average molecular weight is 404 g/mol. The van der Waals surface area contributed by atoms with Gasteiger partial charge in [0.1, 0.15) is 5.78 Å². The predicted molar refractivity (Wildman–Crippen MR) is 107 cm³/mol. The number of nitrogens with one attached hydrogen (secondary N) is 2. The molecule has 0 radical (unpaired) electrons. The molecular formula is C15H37N3O5S2. The van der Waals surface area contributed by atoms with Crippen LogP contribution in [-0.2, 0) is 24.3 Å². The number of ether oxygens (including phenoxy) is 1. The van der Waals surface area contributed by atoms with Gasteiger partial charge in [0.25, 0.3) is 0 Å². The summed E-state index contributed by atoms with van der Waals surface area (Å²) in [5.41, 5.74) is 4.50. The number of carbonyl (C=O) groups is 2. The van der Waals surface area contributed by atoms with E-state index in [0.29, 0.717) is 12.3 Å². The van der Waals surface area contributed by atoms with E-state index in [1.54, 1.807) is 0 Å². The van der Waals surface area contributed by atoms with E-state index < -0.39 is 10.0 Å². The molecule has 0 unspecified atom stereocenters. The summed E-state index contributed by atoms with van der Waals surface area (Å²) < 4.78 is 28.2. The molecule has 0 aliphatic carbocycles. The number of nitrogens with two attached hydrogens (primary N) is 1. The van der Waals surface area contributed by atoms with Gasteiger partial charge in [0, 0.05) is 32.4 Å². The topological polar surface area (TPSA) is 128 Å².